The van der Waals surface area contributed by atoms with E-state index in [2.05, 4.69) is 39.1 Å². The van der Waals surface area contributed by atoms with E-state index < -0.39 is 17.2 Å². The van der Waals surface area contributed by atoms with Gasteiger partial charge in [-0.1, -0.05) is 42.5 Å². The second-order valence-electron chi connectivity index (χ2n) is 11.0. The Labute approximate surface area is 259 Å². The molecule has 5 rings (SSSR count). The number of allylic oxidation sites excluding steroid dienone is 1. The van der Waals surface area contributed by atoms with Crippen LogP contribution in [0.2, 0.25) is 0 Å². The molecule has 0 saturated carbocycles. The van der Waals surface area contributed by atoms with Crippen LogP contribution in [-0.2, 0) is 19.5 Å². The molecule has 0 saturated heterocycles. The normalized spacial score (nSPS) is 11.5. The molecular weight excluding hydrogens is 576 g/mol. The average Bonchev–Trinajstić information content (AvgIpc) is 3.02. The molecule has 0 amide bonds. The van der Waals surface area contributed by atoms with Gasteiger partial charge in [0.2, 0.25) is 0 Å². The van der Waals surface area contributed by atoms with E-state index in [0.29, 0.717) is 30.0 Å². The van der Waals surface area contributed by atoms with Gasteiger partial charge in [0.05, 0.1) is 20.0 Å². The SMILES string of the molecule is COc1cc(/C=C/CCC(=O)c2cncn(Cc3ccc(F)c(F)c3)c2=O)cc2cnc(Cc3ccc(CN(C)C)cc3)nc12. The lowest BCUT2D eigenvalue weighted by atomic mass is 10.1. The lowest BCUT2D eigenvalue weighted by Gasteiger charge is -2.10. The highest BCUT2D eigenvalue weighted by Crippen LogP contribution is 2.27. The van der Waals surface area contributed by atoms with Crippen LogP contribution in [0.4, 0.5) is 8.78 Å². The summed E-state index contributed by atoms with van der Waals surface area (Å²) in [5.74, 6) is -1.03. The first-order chi connectivity index (χ1) is 21.7. The van der Waals surface area contributed by atoms with Crippen LogP contribution in [0.3, 0.4) is 0 Å². The minimum Gasteiger partial charge on any atom is -0.494 e. The Morgan fingerprint density at radius 2 is 1.73 bits per heavy atom. The van der Waals surface area contributed by atoms with Crippen LogP contribution < -0.4 is 10.3 Å². The third-order valence-corrected chi connectivity index (χ3v) is 7.21. The fourth-order valence-corrected chi connectivity index (χ4v) is 4.98. The minimum absolute atomic E-state index is 0.0385. The van der Waals surface area contributed by atoms with Gasteiger partial charge in [0.25, 0.3) is 5.56 Å². The van der Waals surface area contributed by atoms with Crippen molar-refractivity contribution in [2.45, 2.75) is 32.4 Å². The maximum atomic E-state index is 13.6. The Balaban J connectivity index is 1.23. The largest absolute Gasteiger partial charge is 0.494 e. The monoisotopic (exact) mass is 609 g/mol. The van der Waals surface area contributed by atoms with Gasteiger partial charge in [-0.3, -0.25) is 14.2 Å². The number of fused-ring (bicyclic) bond motifs is 1. The fraction of sp³-hybridized carbons (Fsp3) is 0.229. The molecule has 0 spiro atoms. The molecule has 0 fully saturated rings. The molecule has 0 aliphatic carbocycles. The van der Waals surface area contributed by atoms with Gasteiger partial charge in [0, 0.05) is 37.2 Å². The summed E-state index contributed by atoms with van der Waals surface area (Å²) in [5, 5.41) is 0.826. The van der Waals surface area contributed by atoms with Gasteiger partial charge >= 0.3 is 0 Å². The van der Waals surface area contributed by atoms with Crippen molar-refractivity contribution < 1.29 is 18.3 Å². The quantitative estimate of drug-likeness (QED) is 0.164. The van der Waals surface area contributed by atoms with Crippen LogP contribution in [0.5, 0.6) is 5.75 Å². The summed E-state index contributed by atoms with van der Waals surface area (Å²) in [5.41, 5.74) is 3.72. The molecule has 45 heavy (non-hydrogen) atoms. The number of ether oxygens (including phenoxy) is 1. The third kappa shape index (κ3) is 7.90. The van der Waals surface area contributed by atoms with Crippen molar-refractivity contribution in [3.63, 3.8) is 0 Å². The summed E-state index contributed by atoms with van der Waals surface area (Å²) in [6.07, 6.45) is 9.10. The van der Waals surface area contributed by atoms with Crippen molar-refractivity contribution in [1.82, 2.24) is 24.4 Å². The van der Waals surface area contributed by atoms with Crippen molar-refractivity contribution in [3.8, 4) is 5.75 Å². The highest BCUT2D eigenvalue weighted by molar-refractivity contribution is 5.95. The molecule has 10 heteroatoms. The predicted octanol–water partition coefficient (Wildman–Crippen LogP) is 5.85. The first-order valence-corrected chi connectivity index (χ1v) is 14.4. The molecule has 3 aromatic carbocycles. The van der Waals surface area contributed by atoms with Crippen LogP contribution in [-0.4, -0.2) is 51.4 Å². The molecule has 2 aromatic heterocycles. The molecule has 0 aliphatic heterocycles. The zero-order valence-electron chi connectivity index (χ0n) is 25.3. The summed E-state index contributed by atoms with van der Waals surface area (Å²) < 4.78 is 33.7. The number of Topliss-reactive ketones (excluding diaryl/α,β-unsaturated/α-hetero) is 1. The van der Waals surface area contributed by atoms with Crippen molar-refractivity contribution in [2.24, 2.45) is 0 Å². The Hall–Kier alpha value is -5.09. The van der Waals surface area contributed by atoms with E-state index >= 15 is 0 Å². The molecule has 0 aliphatic rings. The van der Waals surface area contributed by atoms with Gasteiger partial charge in [-0.25, -0.2) is 23.7 Å². The van der Waals surface area contributed by atoms with Crippen LogP contribution >= 0.6 is 0 Å². The Morgan fingerprint density at radius 1 is 0.978 bits per heavy atom. The van der Waals surface area contributed by atoms with Gasteiger partial charge in [-0.05, 0) is 67.0 Å². The van der Waals surface area contributed by atoms with Crippen LogP contribution in [0.25, 0.3) is 17.0 Å². The summed E-state index contributed by atoms with van der Waals surface area (Å²) in [7, 11) is 5.68. The number of carbonyl (C=O) groups is 1. The maximum absolute atomic E-state index is 13.6. The first-order valence-electron chi connectivity index (χ1n) is 14.4. The number of nitrogens with zero attached hydrogens (tertiary/aromatic N) is 5. The Bertz CT molecular complexity index is 1920. The number of aromatic nitrogens is 4. The van der Waals surface area contributed by atoms with Gasteiger partial charge in [0.15, 0.2) is 17.4 Å². The number of carbonyl (C=O) groups excluding carboxylic acids is 1. The number of halogens is 2. The van der Waals surface area contributed by atoms with Crippen LogP contribution in [0, 0.1) is 11.6 Å². The van der Waals surface area contributed by atoms with E-state index in [1.165, 1.54) is 28.7 Å². The molecule has 230 valence electrons. The maximum Gasteiger partial charge on any atom is 0.264 e. The fourth-order valence-electron chi connectivity index (χ4n) is 4.98. The summed E-state index contributed by atoms with van der Waals surface area (Å²) in [4.78, 5) is 41.2. The molecule has 5 aromatic rings. The lowest BCUT2D eigenvalue weighted by molar-refractivity contribution is 0.0981. The number of rotatable bonds is 12. The van der Waals surface area contributed by atoms with E-state index in [-0.39, 0.29) is 24.3 Å². The number of hydrogen-bond donors (Lipinski definition) is 0. The standard InChI is InChI=1S/C35H33F2N5O3/c1-41(2)20-24-10-8-23(9-11-24)17-33-39-18-27-14-25(16-32(45-3)34(27)40-33)6-4-5-7-31(43)28-19-38-22-42(35(28)44)21-26-12-13-29(36)30(37)15-26/h4,6,8-16,18-19,22H,5,7,17,20-21H2,1-3H3/b6-4+. The van der Waals surface area contributed by atoms with Gasteiger partial charge in [-0.2, -0.15) is 0 Å². The zero-order valence-corrected chi connectivity index (χ0v) is 25.3. The van der Waals surface area contributed by atoms with Gasteiger partial charge in [0.1, 0.15) is 22.7 Å². The van der Waals surface area contributed by atoms with Crippen molar-refractivity contribution in [3.05, 3.63) is 135 Å². The van der Waals surface area contributed by atoms with Crippen molar-refractivity contribution in [1.29, 1.82) is 0 Å². The van der Waals surface area contributed by atoms with E-state index in [1.54, 1.807) is 13.3 Å². The topological polar surface area (TPSA) is 90.2 Å². The van der Waals surface area contributed by atoms with E-state index in [1.807, 2.05) is 38.4 Å². The molecule has 0 atom stereocenters. The molecule has 8 nitrogen and oxygen atoms in total. The average molecular weight is 610 g/mol. The van der Waals surface area contributed by atoms with Crippen LogP contribution in [0.1, 0.15) is 51.3 Å². The first kappa shape index (κ1) is 31.3. The van der Waals surface area contributed by atoms with E-state index in [4.69, 9.17) is 9.72 Å². The highest BCUT2D eigenvalue weighted by atomic mass is 19.2. The number of benzene rings is 3. The second-order valence-corrected chi connectivity index (χ2v) is 11.0. The van der Waals surface area contributed by atoms with Crippen molar-refractivity contribution >= 4 is 22.8 Å². The lowest BCUT2D eigenvalue weighted by Crippen LogP contribution is -2.27. The summed E-state index contributed by atoms with van der Waals surface area (Å²) in [6.45, 7) is 0.843. The predicted molar refractivity (Wildman–Crippen MR) is 169 cm³/mol. The van der Waals surface area contributed by atoms with E-state index in [0.717, 1.165) is 40.7 Å². The highest BCUT2D eigenvalue weighted by Gasteiger charge is 2.14. The summed E-state index contributed by atoms with van der Waals surface area (Å²) >= 11 is 0. The second kappa shape index (κ2) is 14.1. The third-order valence-electron chi connectivity index (χ3n) is 7.21. The summed E-state index contributed by atoms with van der Waals surface area (Å²) in [6, 6.07) is 15.7. The number of ketones is 1. The van der Waals surface area contributed by atoms with Crippen LogP contribution in [0.15, 0.2) is 84.2 Å². The van der Waals surface area contributed by atoms with Gasteiger partial charge < -0.3 is 9.64 Å². The minimum atomic E-state index is -1.01. The molecule has 2 heterocycles. The number of hydrogen-bond acceptors (Lipinski definition) is 7. The molecule has 0 bridgehead atoms. The zero-order chi connectivity index (χ0) is 31.9. The Morgan fingerprint density at radius 3 is 2.47 bits per heavy atom. The smallest absolute Gasteiger partial charge is 0.264 e. The van der Waals surface area contributed by atoms with E-state index in [9.17, 15) is 18.4 Å². The molecule has 0 unspecified atom stereocenters. The Kier molecular flexibility index (Phi) is 9.84. The van der Waals surface area contributed by atoms with Crippen molar-refractivity contribution in [2.75, 3.05) is 21.2 Å². The molecule has 0 N–H and O–H groups in total. The van der Waals surface area contributed by atoms with Gasteiger partial charge in [-0.15, -0.1) is 0 Å². The number of methoxy groups -OCH3 is 1. The molecule has 0 radical (unpaired) electrons. The molecular formula is C35H33F2N5O3.